The Morgan fingerprint density at radius 3 is 2.46 bits per heavy atom. The lowest BCUT2D eigenvalue weighted by atomic mass is 10.0. The number of hydrogen-bond donors (Lipinski definition) is 2. The summed E-state index contributed by atoms with van der Waals surface area (Å²) in [6, 6.07) is 9.78. The van der Waals surface area contributed by atoms with Gasteiger partial charge >= 0.3 is 0 Å². The molecule has 1 aromatic carbocycles. The third-order valence-corrected chi connectivity index (χ3v) is 4.80. The van der Waals surface area contributed by atoms with Gasteiger partial charge in [-0.25, -0.2) is 8.42 Å². The fourth-order valence-electron chi connectivity index (χ4n) is 2.19. The zero-order valence-electron chi connectivity index (χ0n) is 13.7. The van der Waals surface area contributed by atoms with Crippen molar-refractivity contribution in [2.24, 2.45) is 0 Å². The van der Waals surface area contributed by atoms with Crippen molar-refractivity contribution in [2.75, 3.05) is 12.8 Å². The normalized spacial score (nSPS) is 14.1. The van der Waals surface area contributed by atoms with Crippen LogP contribution in [0.4, 0.5) is 0 Å². The van der Waals surface area contributed by atoms with Crippen LogP contribution in [0.3, 0.4) is 0 Å². The molecule has 1 heterocycles. The van der Waals surface area contributed by atoms with Gasteiger partial charge in [0, 0.05) is 12.7 Å². The molecule has 2 N–H and O–H groups in total. The van der Waals surface area contributed by atoms with E-state index < -0.39 is 15.4 Å². The average Bonchev–Trinajstić information content (AvgIpc) is 3.06. The number of amides is 1. The van der Waals surface area contributed by atoms with Crippen LogP contribution in [0.2, 0.25) is 0 Å². The van der Waals surface area contributed by atoms with Crippen molar-refractivity contribution < 1.29 is 22.7 Å². The summed E-state index contributed by atoms with van der Waals surface area (Å²) < 4.78 is 27.9. The highest BCUT2D eigenvalue weighted by Gasteiger charge is 2.26. The number of rotatable bonds is 7. The summed E-state index contributed by atoms with van der Waals surface area (Å²) in [6.07, 6.45) is 3.34. The summed E-state index contributed by atoms with van der Waals surface area (Å²) in [5.74, 6) is 0.188. The minimum atomic E-state index is -3.21. The van der Waals surface area contributed by atoms with E-state index in [9.17, 15) is 18.3 Å². The van der Waals surface area contributed by atoms with Crippen molar-refractivity contribution in [2.45, 2.75) is 30.3 Å². The number of carbonyl (C=O) groups is 1. The van der Waals surface area contributed by atoms with Crippen molar-refractivity contribution in [3.63, 3.8) is 0 Å². The molecule has 0 saturated carbocycles. The van der Waals surface area contributed by atoms with E-state index in [1.54, 1.807) is 31.2 Å². The van der Waals surface area contributed by atoms with E-state index in [0.29, 0.717) is 12.2 Å². The molecule has 2 aromatic rings. The standard InChI is InChI=1S/C17H21NO5S/c1-17(20,15-4-3-11-23-15)12-18-16(19)10-7-13-5-8-14(9-6-13)24(2,21)22/h3-6,8-9,11,20H,7,10,12H2,1-2H3,(H,18,19)/t17-/m0/s1. The maximum atomic E-state index is 11.9. The molecule has 0 aliphatic rings. The largest absolute Gasteiger partial charge is 0.466 e. The molecule has 24 heavy (non-hydrogen) atoms. The second-order valence-corrected chi connectivity index (χ2v) is 7.96. The Morgan fingerprint density at radius 1 is 1.25 bits per heavy atom. The van der Waals surface area contributed by atoms with Gasteiger partial charge in [0.05, 0.1) is 17.7 Å². The zero-order valence-corrected chi connectivity index (χ0v) is 14.5. The summed E-state index contributed by atoms with van der Waals surface area (Å²) >= 11 is 0. The Morgan fingerprint density at radius 2 is 1.92 bits per heavy atom. The number of furan rings is 1. The molecular weight excluding hydrogens is 330 g/mol. The van der Waals surface area contributed by atoms with Gasteiger partial charge in [-0.3, -0.25) is 4.79 Å². The molecule has 0 aliphatic carbocycles. The molecule has 6 nitrogen and oxygen atoms in total. The Hall–Kier alpha value is -2.12. The predicted molar refractivity (Wildman–Crippen MR) is 89.2 cm³/mol. The number of aryl methyl sites for hydroxylation is 1. The number of nitrogens with one attached hydrogen (secondary N) is 1. The minimum Gasteiger partial charge on any atom is -0.466 e. The molecule has 0 fully saturated rings. The molecule has 0 aliphatic heterocycles. The van der Waals surface area contributed by atoms with E-state index in [1.165, 1.54) is 18.4 Å². The molecule has 0 spiro atoms. The van der Waals surface area contributed by atoms with Crippen LogP contribution in [0.25, 0.3) is 0 Å². The highest BCUT2D eigenvalue weighted by Crippen LogP contribution is 2.19. The maximum absolute atomic E-state index is 11.9. The second kappa shape index (κ2) is 7.19. The van der Waals surface area contributed by atoms with E-state index in [2.05, 4.69) is 5.32 Å². The van der Waals surface area contributed by atoms with Crippen molar-refractivity contribution in [1.29, 1.82) is 0 Å². The van der Waals surface area contributed by atoms with Gasteiger partial charge in [0.1, 0.15) is 11.4 Å². The van der Waals surface area contributed by atoms with Crippen LogP contribution in [-0.4, -0.2) is 32.2 Å². The molecule has 7 heteroatoms. The van der Waals surface area contributed by atoms with Gasteiger partial charge in [-0.15, -0.1) is 0 Å². The molecule has 0 radical (unpaired) electrons. The molecule has 0 saturated heterocycles. The molecule has 2 rings (SSSR count). The SMILES string of the molecule is C[C@](O)(CNC(=O)CCc1ccc(S(C)(=O)=O)cc1)c1ccco1. The summed E-state index contributed by atoms with van der Waals surface area (Å²) in [7, 11) is -3.21. The van der Waals surface area contributed by atoms with Gasteiger partial charge in [0.2, 0.25) is 5.91 Å². The van der Waals surface area contributed by atoms with Crippen molar-refractivity contribution >= 4 is 15.7 Å². The van der Waals surface area contributed by atoms with Crippen LogP contribution in [0.1, 0.15) is 24.7 Å². The number of aliphatic hydroxyl groups is 1. The Labute approximate surface area is 141 Å². The van der Waals surface area contributed by atoms with Crippen LogP contribution in [0, 0.1) is 0 Å². The van der Waals surface area contributed by atoms with Crippen LogP contribution in [-0.2, 0) is 26.7 Å². The lowest BCUT2D eigenvalue weighted by molar-refractivity contribution is -0.122. The Bertz CT molecular complexity index is 777. The second-order valence-electron chi connectivity index (χ2n) is 5.94. The smallest absolute Gasteiger partial charge is 0.220 e. The molecule has 1 atom stereocenters. The molecule has 1 aromatic heterocycles. The Balaban J connectivity index is 1.83. The lowest BCUT2D eigenvalue weighted by Crippen LogP contribution is -2.38. The number of hydrogen-bond acceptors (Lipinski definition) is 5. The van der Waals surface area contributed by atoms with E-state index in [1.807, 2.05) is 0 Å². The molecule has 130 valence electrons. The summed E-state index contributed by atoms with van der Waals surface area (Å²) in [5, 5.41) is 12.9. The first-order valence-electron chi connectivity index (χ1n) is 7.50. The predicted octanol–water partition coefficient (Wildman–Crippen LogP) is 1.64. The highest BCUT2D eigenvalue weighted by molar-refractivity contribution is 7.90. The van der Waals surface area contributed by atoms with Crippen LogP contribution < -0.4 is 5.32 Å². The molecule has 1 amide bonds. The van der Waals surface area contributed by atoms with Crippen LogP contribution in [0.5, 0.6) is 0 Å². The van der Waals surface area contributed by atoms with Gasteiger partial charge in [-0.05, 0) is 43.2 Å². The molecule has 0 bridgehead atoms. The third-order valence-electron chi connectivity index (χ3n) is 3.67. The topological polar surface area (TPSA) is 96.6 Å². The monoisotopic (exact) mass is 351 g/mol. The van der Waals surface area contributed by atoms with Gasteiger partial charge in [-0.2, -0.15) is 0 Å². The Kier molecular flexibility index (Phi) is 5.46. The van der Waals surface area contributed by atoms with E-state index >= 15 is 0 Å². The summed E-state index contributed by atoms with van der Waals surface area (Å²) in [6.45, 7) is 1.61. The fraction of sp³-hybridized carbons (Fsp3) is 0.353. The zero-order chi connectivity index (χ0) is 17.8. The lowest BCUT2D eigenvalue weighted by Gasteiger charge is -2.21. The van der Waals surface area contributed by atoms with Crippen LogP contribution >= 0.6 is 0 Å². The fourth-order valence-corrected chi connectivity index (χ4v) is 2.82. The summed E-state index contributed by atoms with van der Waals surface area (Å²) in [5.41, 5.74) is -0.397. The van der Waals surface area contributed by atoms with Gasteiger partial charge in [-0.1, -0.05) is 12.1 Å². The first-order valence-corrected chi connectivity index (χ1v) is 9.40. The van der Waals surface area contributed by atoms with Crippen molar-refractivity contribution in [3.8, 4) is 0 Å². The quantitative estimate of drug-likeness (QED) is 0.790. The van der Waals surface area contributed by atoms with Crippen LogP contribution in [0.15, 0.2) is 52.0 Å². The highest BCUT2D eigenvalue weighted by atomic mass is 32.2. The summed E-state index contributed by atoms with van der Waals surface area (Å²) in [4.78, 5) is 12.2. The van der Waals surface area contributed by atoms with Gasteiger partial charge in [0.15, 0.2) is 9.84 Å². The molecular formula is C17H21NO5S. The first kappa shape index (κ1) is 18.2. The first-order chi connectivity index (χ1) is 11.2. The van der Waals surface area contributed by atoms with Crippen molar-refractivity contribution in [3.05, 3.63) is 54.0 Å². The van der Waals surface area contributed by atoms with Gasteiger partial charge < -0.3 is 14.8 Å². The van der Waals surface area contributed by atoms with Gasteiger partial charge in [0.25, 0.3) is 0 Å². The maximum Gasteiger partial charge on any atom is 0.220 e. The third kappa shape index (κ3) is 4.94. The minimum absolute atomic E-state index is 0.0480. The number of sulfone groups is 1. The number of carbonyl (C=O) groups excluding carboxylic acids is 1. The van der Waals surface area contributed by atoms with E-state index in [4.69, 9.17) is 4.42 Å². The van der Waals surface area contributed by atoms with E-state index in [-0.39, 0.29) is 23.8 Å². The number of benzene rings is 1. The average molecular weight is 351 g/mol. The molecule has 0 unspecified atom stereocenters. The van der Waals surface area contributed by atoms with E-state index in [0.717, 1.165) is 11.8 Å². The van der Waals surface area contributed by atoms with Crippen molar-refractivity contribution in [1.82, 2.24) is 5.32 Å².